The molecular weight excluding hydrogens is 214 g/mol. The van der Waals surface area contributed by atoms with Crippen LogP contribution in [0, 0.1) is 0 Å². The second-order valence-electron chi connectivity index (χ2n) is 3.90. The van der Waals surface area contributed by atoms with Gasteiger partial charge in [-0.2, -0.15) is 0 Å². The average molecular weight is 225 g/mol. The molecule has 4 heteroatoms. The van der Waals surface area contributed by atoms with Crippen molar-refractivity contribution in [3.63, 3.8) is 0 Å². The van der Waals surface area contributed by atoms with E-state index < -0.39 is 0 Å². The van der Waals surface area contributed by atoms with Gasteiger partial charge in [-0.05, 0) is 5.56 Å². The number of hydrogen-bond donors (Lipinski definition) is 1. The second-order valence-corrected chi connectivity index (χ2v) is 3.90. The topological polar surface area (TPSA) is 50.2 Å². The molecule has 0 amide bonds. The SMILES string of the molecule is O=c1ccnc2c(Cc3ccccc3)c[nH]n12. The summed E-state index contributed by atoms with van der Waals surface area (Å²) in [4.78, 5) is 15.8. The third-order valence-electron chi connectivity index (χ3n) is 2.74. The largest absolute Gasteiger partial charge is 0.297 e. The Morgan fingerprint density at radius 1 is 1.18 bits per heavy atom. The Balaban J connectivity index is 2.08. The lowest BCUT2D eigenvalue weighted by atomic mass is 10.1. The van der Waals surface area contributed by atoms with Gasteiger partial charge >= 0.3 is 0 Å². The van der Waals surface area contributed by atoms with Crippen molar-refractivity contribution in [1.82, 2.24) is 14.6 Å². The molecule has 0 spiro atoms. The molecular formula is C13H11N3O. The minimum atomic E-state index is -0.0886. The molecule has 3 rings (SSSR count). The monoisotopic (exact) mass is 225 g/mol. The number of aromatic amines is 1. The van der Waals surface area contributed by atoms with E-state index in [2.05, 4.69) is 22.2 Å². The Labute approximate surface area is 97.5 Å². The number of nitrogens with one attached hydrogen (secondary N) is 1. The highest BCUT2D eigenvalue weighted by molar-refractivity contribution is 5.47. The lowest BCUT2D eigenvalue weighted by Gasteiger charge is -1.98. The zero-order valence-electron chi connectivity index (χ0n) is 9.13. The zero-order chi connectivity index (χ0) is 11.7. The van der Waals surface area contributed by atoms with Crippen molar-refractivity contribution in [2.45, 2.75) is 6.42 Å². The molecule has 4 nitrogen and oxygen atoms in total. The van der Waals surface area contributed by atoms with Crippen LogP contribution in [0.4, 0.5) is 0 Å². The van der Waals surface area contributed by atoms with Crippen LogP contribution in [0.2, 0.25) is 0 Å². The molecule has 3 aromatic rings. The molecule has 0 radical (unpaired) electrons. The van der Waals surface area contributed by atoms with Gasteiger partial charge in [-0.1, -0.05) is 30.3 Å². The molecule has 0 saturated carbocycles. The molecule has 0 aliphatic heterocycles. The Bertz CT molecular complexity index is 697. The van der Waals surface area contributed by atoms with Crippen molar-refractivity contribution in [2.75, 3.05) is 0 Å². The standard InChI is InChI=1S/C13H11N3O/c17-12-6-7-14-13-11(9-15-16(12)13)8-10-4-2-1-3-5-10/h1-7,9,15H,8H2. The first kappa shape index (κ1) is 9.84. The van der Waals surface area contributed by atoms with E-state index in [9.17, 15) is 4.79 Å². The summed E-state index contributed by atoms with van der Waals surface area (Å²) in [6, 6.07) is 11.6. The molecule has 0 bridgehead atoms. The van der Waals surface area contributed by atoms with Crippen molar-refractivity contribution in [2.24, 2.45) is 0 Å². The predicted molar refractivity (Wildman–Crippen MR) is 65.1 cm³/mol. The number of fused-ring (bicyclic) bond motifs is 1. The van der Waals surface area contributed by atoms with E-state index in [4.69, 9.17) is 0 Å². The minimum absolute atomic E-state index is 0.0886. The zero-order valence-corrected chi connectivity index (χ0v) is 9.13. The van der Waals surface area contributed by atoms with Gasteiger partial charge < -0.3 is 0 Å². The first-order valence-electron chi connectivity index (χ1n) is 5.42. The Morgan fingerprint density at radius 2 is 2.00 bits per heavy atom. The first-order valence-corrected chi connectivity index (χ1v) is 5.42. The second kappa shape index (κ2) is 3.90. The van der Waals surface area contributed by atoms with Gasteiger partial charge in [-0.25, -0.2) is 9.50 Å². The molecule has 0 aliphatic rings. The molecule has 0 unspecified atom stereocenters. The number of rotatable bonds is 2. The highest BCUT2D eigenvalue weighted by Gasteiger charge is 2.06. The fraction of sp³-hybridized carbons (Fsp3) is 0.0769. The summed E-state index contributed by atoms with van der Waals surface area (Å²) in [6.45, 7) is 0. The van der Waals surface area contributed by atoms with Gasteiger partial charge in [-0.3, -0.25) is 9.89 Å². The van der Waals surface area contributed by atoms with Crippen LogP contribution in [-0.2, 0) is 6.42 Å². The van der Waals surface area contributed by atoms with Crippen molar-refractivity contribution in [3.8, 4) is 0 Å². The van der Waals surface area contributed by atoms with Gasteiger partial charge in [0, 0.05) is 30.4 Å². The van der Waals surface area contributed by atoms with Gasteiger partial charge in [0.15, 0.2) is 5.65 Å². The number of H-pyrrole nitrogens is 1. The highest BCUT2D eigenvalue weighted by atomic mass is 16.1. The normalized spacial score (nSPS) is 10.8. The molecule has 2 aromatic heterocycles. The smallest absolute Gasteiger partial charge is 0.272 e. The fourth-order valence-electron chi connectivity index (χ4n) is 1.91. The molecule has 0 aliphatic carbocycles. The van der Waals surface area contributed by atoms with Crippen molar-refractivity contribution in [1.29, 1.82) is 0 Å². The van der Waals surface area contributed by atoms with E-state index >= 15 is 0 Å². The van der Waals surface area contributed by atoms with Crippen LogP contribution in [-0.4, -0.2) is 14.6 Å². The molecule has 1 aromatic carbocycles. The maximum Gasteiger partial charge on any atom is 0.272 e. The van der Waals surface area contributed by atoms with Crippen LogP contribution >= 0.6 is 0 Å². The van der Waals surface area contributed by atoms with E-state index in [1.54, 1.807) is 6.20 Å². The number of hydrogen-bond acceptors (Lipinski definition) is 2. The third-order valence-corrected chi connectivity index (χ3v) is 2.74. The van der Waals surface area contributed by atoms with Crippen LogP contribution in [0.5, 0.6) is 0 Å². The van der Waals surface area contributed by atoms with E-state index in [-0.39, 0.29) is 5.56 Å². The van der Waals surface area contributed by atoms with Crippen molar-refractivity contribution >= 4 is 5.65 Å². The van der Waals surface area contributed by atoms with E-state index in [1.165, 1.54) is 16.1 Å². The summed E-state index contributed by atoms with van der Waals surface area (Å²) in [5.74, 6) is 0. The van der Waals surface area contributed by atoms with E-state index in [0.29, 0.717) is 5.65 Å². The quantitative estimate of drug-likeness (QED) is 0.720. The van der Waals surface area contributed by atoms with Gasteiger partial charge in [0.25, 0.3) is 5.56 Å². The molecule has 0 saturated heterocycles. The summed E-state index contributed by atoms with van der Waals surface area (Å²) in [7, 11) is 0. The van der Waals surface area contributed by atoms with Crippen LogP contribution in [0.3, 0.4) is 0 Å². The van der Waals surface area contributed by atoms with Gasteiger partial charge in [0.1, 0.15) is 0 Å². The van der Waals surface area contributed by atoms with Crippen molar-refractivity contribution in [3.05, 3.63) is 70.3 Å². The summed E-state index contributed by atoms with van der Waals surface area (Å²) in [6.07, 6.45) is 4.14. The number of aromatic nitrogens is 3. The molecule has 0 atom stereocenters. The Hall–Kier alpha value is -2.36. The summed E-state index contributed by atoms with van der Waals surface area (Å²) in [5.41, 5.74) is 2.83. The summed E-state index contributed by atoms with van der Waals surface area (Å²) >= 11 is 0. The lowest BCUT2D eigenvalue weighted by molar-refractivity contribution is 0.899. The maximum atomic E-state index is 11.5. The summed E-state index contributed by atoms with van der Waals surface area (Å²) < 4.78 is 1.46. The van der Waals surface area contributed by atoms with Gasteiger partial charge in [0.05, 0.1) is 0 Å². The molecule has 2 heterocycles. The van der Waals surface area contributed by atoms with Gasteiger partial charge in [0.2, 0.25) is 0 Å². The minimum Gasteiger partial charge on any atom is -0.297 e. The lowest BCUT2D eigenvalue weighted by Crippen LogP contribution is -2.12. The highest BCUT2D eigenvalue weighted by Crippen LogP contribution is 2.11. The molecule has 17 heavy (non-hydrogen) atoms. The van der Waals surface area contributed by atoms with E-state index in [0.717, 1.165) is 12.0 Å². The van der Waals surface area contributed by atoms with Crippen LogP contribution in [0.1, 0.15) is 11.1 Å². The fourth-order valence-corrected chi connectivity index (χ4v) is 1.91. The average Bonchev–Trinajstić information content (AvgIpc) is 2.76. The molecule has 84 valence electrons. The maximum absolute atomic E-state index is 11.5. The first-order chi connectivity index (χ1) is 8.34. The van der Waals surface area contributed by atoms with Gasteiger partial charge in [-0.15, -0.1) is 0 Å². The number of nitrogens with zero attached hydrogens (tertiary/aromatic N) is 2. The van der Waals surface area contributed by atoms with E-state index in [1.807, 2.05) is 24.4 Å². The summed E-state index contributed by atoms with van der Waals surface area (Å²) in [5, 5.41) is 2.92. The van der Waals surface area contributed by atoms with Crippen LogP contribution in [0.25, 0.3) is 5.65 Å². The Morgan fingerprint density at radius 3 is 2.82 bits per heavy atom. The Kier molecular flexibility index (Phi) is 2.26. The molecule has 0 fully saturated rings. The van der Waals surface area contributed by atoms with Crippen LogP contribution in [0.15, 0.2) is 53.6 Å². The molecule has 1 N–H and O–H groups in total. The third kappa shape index (κ3) is 1.73. The van der Waals surface area contributed by atoms with Crippen molar-refractivity contribution < 1.29 is 0 Å². The van der Waals surface area contributed by atoms with Crippen LogP contribution < -0.4 is 5.56 Å². The number of benzene rings is 1. The predicted octanol–water partition coefficient (Wildman–Crippen LogP) is 1.61.